The normalized spacial score (nSPS) is 15.5. The van der Waals surface area contributed by atoms with Crippen LogP contribution in [0.25, 0.3) is 33.6 Å². The van der Waals surface area contributed by atoms with Crippen LogP contribution in [0.3, 0.4) is 0 Å². The van der Waals surface area contributed by atoms with Crippen molar-refractivity contribution >= 4 is 74.7 Å². The molecule has 0 saturated carbocycles. The number of ether oxygens (including phenoxy) is 1. The number of para-hydroxylation sites is 2. The van der Waals surface area contributed by atoms with Crippen molar-refractivity contribution in [2.45, 2.75) is 6.92 Å². The summed E-state index contributed by atoms with van der Waals surface area (Å²) in [5.74, 6) is -0.0735. The number of amidine groups is 1. The number of carbonyl (C=O) groups is 1. The number of aryl methyl sites for hydroxylation is 1. The maximum absolute atomic E-state index is 13.4. The highest BCUT2D eigenvalue weighted by Gasteiger charge is 2.34. The first-order valence-electron chi connectivity index (χ1n) is 12.5. The number of hydrogen-bond donors (Lipinski definition) is 0. The molecule has 1 fully saturated rings. The molecule has 0 N–H and O–H groups in total. The number of aromatic nitrogens is 1. The Hall–Kier alpha value is -4.36. The average Bonchev–Trinajstić information content (AvgIpc) is 3.41. The largest absolute Gasteiger partial charge is 0.419 e. The minimum Gasteiger partial charge on any atom is -0.419 e. The van der Waals surface area contributed by atoms with E-state index in [2.05, 4.69) is 68.5 Å². The number of aliphatic imine (C=N–C) groups is 1. The lowest BCUT2D eigenvalue weighted by Gasteiger charge is -2.12. The summed E-state index contributed by atoms with van der Waals surface area (Å²) >= 11 is 3.53. The third kappa shape index (κ3) is 4.49. The Morgan fingerprint density at radius 1 is 0.974 bits per heavy atom. The van der Waals surface area contributed by atoms with E-state index in [9.17, 15) is 4.79 Å². The highest BCUT2D eigenvalue weighted by atomic mass is 79.9. The van der Waals surface area contributed by atoms with Gasteiger partial charge in [0.2, 0.25) is 0 Å². The molecular formula is C32H23BBrN3O2. The lowest BCUT2D eigenvalue weighted by Crippen LogP contribution is -2.29. The average molecular weight is 572 g/mol. The van der Waals surface area contributed by atoms with Gasteiger partial charge in [0.15, 0.2) is 5.76 Å². The standard InChI is InChI=1S/C32H23BBrN3O2/c1-3-15-36-31(38)29(39-32(36)35-30-20(2)16-22(33)19-26(30)34)18-21-13-14-28-25(17-21)24-11-7-8-12-27(24)37(28)23-9-5-4-6-10-23/h3-14,16-19H,1,15H2,2H3/b29-18+,35-32?. The van der Waals surface area contributed by atoms with Gasteiger partial charge >= 0.3 is 6.02 Å². The second-order valence-electron chi connectivity index (χ2n) is 9.34. The SMILES string of the molecule is [B]c1cc(C)c(N=C2O/C(=C/c3ccc4c(c3)c3ccccc3n4-c3ccccc3)C(=O)N2CC=C)c(Br)c1. The molecule has 2 heterocycles. The van der Waals surface area contributed by atoms with Crippen molar-refractivity contribution in [3.63, 3.8) is 0 Å². The smallest absolute Gasteiger partial charge is 0.305 e. The summed E-state index contributed by atoms with van der Waals surface area (Å²) in [4.78, 5) is 19.5. The highest BCUT2D eigenvalue weighted by molar-refractivity contribution is 9.10. The maximum Gasteiger partial charge on any atom is 0.305 e. The molecular weight excluding hydrogens is 549 g/mol. The van der Waals surface area contributed by atoms with Crippen molar-refractivity contribution in [3.8, 4) is 5.69 Å². The van der Waals surface area contributed by atoms with Crippen molar-refractivity contribution in [2.24, 2.45) is 4.99 Å². The fourth-order valence-electron chi connectivity index (χ4n) is 4.97. The van der Waals surface area contributed by atoms with Gasteiger partial charge in [0, 0.05) is 27.5 Å². The Morgan fingerprint density at radius 2 is 1.72 bits per heavy atom. The number of amides is 1. The Balaban J connectivity index is 1.44. The first-order valence-corrected chi connectivity index (χ1v) is 13.3. The summed E-state index contributed by atoms with van der Waals surface area (Å²) in [5, 5.41) is 2.22. The van der Waals surface area contributed by atoms with E-state index in [0.717, 1.165) is 43.1 Å². The molecule has 1 aliphatic heterocycles. The lowest BCUT2D eigenvalue weighted by molar-refractivity contribution is -0.122. The van der Waals surface area contributed by atoms with Crippen LogP contribution in [0.2, 0.25) is 0 Å². The van der Waals surface area contributed by atoms with Gasteiger partial charge in [-0.2, -0.15) is 4.99 Å². The van der Waals surface area contributed by atoms with Crippen LogP contribution >= 0.6 is 15.9 Å². The molecule has 0 spiro atoms. The van der Waals surface area contributed by atoms with Crippen LogP contribution < -0.4 is 5.46 Å². The summed E-state index contributed by atoms with van der Waals surface area (Å²) in [5.41, 5.74) is 6.29. The summed E-state index contributed by atoms with van der Waals surface area (Å²) in [6.07, 6.45) is 3.41. The van der Waals surface area contributed by atoms with E-state index in [1.165, 1.54) is 4.90 Å². The van der Waals surface area contributed by atoms with Gasteiger partial charge in [-0.3, -0.25) is 9.69 Å². The van der Waals surface area contributed by atoms with E-state index in [0.29, 0.717) is 11.2 Å². The van der Waals surface area contributed by atoms with E-state index in [1.807, 2.05) is 49.4 Å². The molecule has 1 amide bonds. The molecule has 39 heavy (non-hydrogen) atoms. The molecule has 5 aromatic rings. The van der Waals surface area contributed by atoms with Crippen LogP contribution in [0.5, 0.6) is 0 Å². The predicted octanol–water partition coefficient (Wildman–Crippen LogP) is 6.72. The van der Waals surface area contributed by atoms with E-state index in [1.54, 1.807) is 18.2 Å². The van der Waals surface area contributed by atoms with Crippen molar-refractivity contribution in [3.05, 3.63) is 119 Å². The van der Waals surface area contributed by atoms with Crippen molar-refractivity contribution in [2.75, 3.05) is 6.54 Å². The van der Waals surface area contributed by atoms with Crippen LogP contribution in [0.1, 0.15) is 11.1 Å². The van der Waals surface area contributed by atoms with Gasteiger partial charge in [-0.05, 0) is 70.4 Å². The molecule has 2 radical (unpaired) electrons. The number of carbonyl (C=O) groups excluding carboxylic acids is 1. The van der Waals surface area contributed by atoms with Gasteiger partial charge < -0.3 is 9.30 Å². The molecule has 0 bridgehead atoms. The molecule has 7 heteroatoms. The first kappa shape index (κ1) is 25.0. The van der Waals surface area contributed by atoms with Crippen LogP contribution in [-0.4, -0.2) is 35.8 Å². The Morgan fingerprint density at radius 3 is 2.49 bits per heavy atom. The van der Waals surface area contributed by atoms with Crippen LogP contribution in [0.4, 0.5) is 5.69 Å². The number of nitrogens with zero attached hydrogens (tertiary/aromatic N) is 3. The molecule has 0 aliphatic carbocycles. The summed E-state index contributed by atoms with van der Waals surface area (Å²) in [6, 6.07) is 28.6. The second kappa shape index (κ2) is 10.1. The summed E-state index contributed by atoms with van der Waals surface area (Å²) in [7, 11) is 5.95. The molecule has 0 atom stereocenters. The second-order valence-corrected chi connectivity index (χ2v) is 10.2. The first-order chi connectivity index (χ1) is 18.9. The zero-order valence-electron chi connectivity index (χ0n) is 21.3. The quantitative estimate of drug-likeness (QED) is 0.133. The van der Waals surface area contributed by atoms with Gasteiger partial charge in [-0.15, -0.1) is 6.58 Å². The predicted molar refractivity (Wildman–Crippen MR) is 163 cm³/mol. The zero-order chi connectivity index (χ0) is 27.1. The number of fused-ring (bicyclic) bond motifs is 3. The van der Waals surface area contributed by atoms with Gasteiger partial charge in [0.25, 0.3) is 5.91 Å². The Labute approximate surface area is 236 Å². The molecule has 5 nitrogen and oxygen atoms in total. The fourth-order valence-corrected chi connectivity index (χ4v) is 5.63. The molecule has 4 aromatic carbocycles. The number of rotatable bonds is 5. The van der Waals surface area contributed by atoms with E-state index in [4.69, 9.17) is 12.6 Å². The van der Waals surface area contributed by atoms with Crippen molar-refractivity contribution < 1.29 is 9.53 Å². The van der Waals surface area contributed by atoms with Gasteiger partial charge in [0.1, 0.15) is 7.85 Å². The minimum absolute atomic E-state index is 0.196. The molecule has 188 valence electrons. The Bertz CT molecular complexity index is 1820. The lowest BCUT2D eigenvalue weighted by atomic mass is 9.94. The van der Waals surface area contributed by atoms with Gasteiger partial charge in [0.05, 0.1) is 16.7 Å². The summed E-state index contributed by atoms with van der Waals surface area (Å²) < 4.78 is 9.02. The molecule has 1 saturated heterocycles. The number of hydrogen-bond acceptors (Lipinski definition) is 3. The molecule has 1 aromatic heterocycles. The molecule has 0 unspecified atom stereocenters. The monoisotopic (exact) mass is 571 g/mol. The summed E-state index contributed by atoms with van der Waals surface area (Å²) in [6.45, 7) is 5.97. The topological polar surface area (TPSA) is 46.8 Å². The number of halogens is 1. The third-order valence-corrected chi connectivity index (χ3v) is 7.30. The fraction of sp³-hybridized carbons (Fsp3) is 0.0625. The van der Waals surface area contributed by atoms with E-state index >= 15 is 0 Å². The van der Waals surface area contributed by atoms with Gasteiger partial charge in [-0.25, -0.2) is 0 Å². The van der Waals surface area contributed by atoms with E-state index < -0.39 is 0 Å². The van der Waals surface area contributed by atoms with E-state index in [-0.39, 0.29) is 24.2 Å². The van der Waals surface area contributed by atoms with Crippen LogP contribution in [0.15, 0.2) is 113 Å². The zero-order valence-corrected chi connectivity index (χ0v) is 22.9. The Kier molecular flexibility index (Phi) is 6.45. The third-order valence-electron chi connectivity index (χ3n) is 6.69. The number of benzene rings is 4. The van der Waals surface area contributed by atoms with Gasteiger partial charge in [-0.1, -0.05) is 66.1 Å². The highest BCUT2D eigenvalue weighted by Crippen LogP contribution is 2.34. The van der Waals surface area contributed by atoms with Crippen molar-refractivity contribution in [1.82, 2.24) is 9.47 Å². The molecule has 6 rings (SSSR count). The van der Waals surface area contributed by atoms with Crippen LogP contribution in [-0.2, 0) is 9.53 Å². The van der Waals surface area contributed by atoms with Crippen LogP contribution in [0, 0.1) is 6.92 Å². The minimum atomic E-state index is -0.273. The van der Waals surface area contributed by atoms with Crippen molar-refractivity contribution in [1.29, 1.82) is 0 Å². The maximum atomic E-state index is 13.4. The molecule has 1 aliphatic rings.